The maximum atomic E-state index is 7.93. The third-order valence-corrected chi connectivity index (χ3v) is 11.7. The van der Waals surface area contributed by atoms with E-state index in [-0.39, 0.29) is 5.60 Å². The third kappa shape index (κ3) is 3.19. The van der Waals surface area contributed by atoms with Crippen molar-refractivity contribution in [3.05, 3.63) is 22.4 Å². The Hall–Kier alpha value is -1.13. The first-order chi connectivity index (χ1) is 15.8. The fraction of sp³-hybridized carbons (Fsp3) is 0.828. The number of piperidine rings is 1. The molecule has 4 heteroatoms. The second-order valence-corrected chi connectivity index (χ2v) is 13.2. The van der Waals surface area contributed by atoms with E-state index in [0.717, 1.165) is 60.7 Å². The average molecular weight is 452 g/mol. The van der Waals surface area contributed by atoms with Gasteiger partial charge in [0, 0.05) is 23.9 Å². The Morgan fingerprint density at radius 2 is 1.97 bits per heavy atom. The van der Waals surface area contributed by atoms with E-state index in [1.807, 2.05) is 0 Å². The molecular weight excluding hydrogens is 406 g/mol. The van der Waals surface area contributed by atoms with Gasteiger partial charge >= 0.3 is 0 Å². The molecule has 0 aromatic heterocycles. The van der Waals surface area contributed by atoms with Crippen molar-refractivity contribution in [1.82, 2.24) is 5.32 Å². The van der Waals surface area contributed by atoms with E-state index in [1.54, 1.807) is 17.4 Å². The number of nitrogens with one attached hydrogen (secondary N) is 2. The van der Waals surface area contributed by atoms with Crippen LogP contribution in [0.5, 0.6) is 0 Å². The molecule has 2 heterocycles. The van der Waals surface area contributed by atoms with E-state index in [1.165, 1.54) is 38.5 Å². The Bertz CT molecular complexity index is 907. The van der Waals surface area contributed by atoms with Crippen molar-refractivity contribution in [2.75, 3.05) is 6.54 Å². The summed E-state index contributed by atoms with van der Waals surface area (Å²) in [6.07, 6.45) is 12.8. The molecule has 4 fully saturated rings. The van der Waals surface area contributed by atoms with Crippen LogP contribution in [0.15, 0.2) is 22.4 Å². The fourth-order valence-corrected chi connectivity index (χ4v) is 9.77. The van der Waals surface area contributed by atoms with Crippen molar-refractivity contribution in [3.63, 3.8) is 0 Å². The topological polar surface area (TPSA) is 71.1 Å². The molecule has 2 aliphatic heterocycles. The Morgan fingerprint density at radius 3 is 2.76 bits per heavy atom. The second kappa shape index (κ2) is 7.68. The summed E-state index contributed by atoms with van der Waals surface area (Å²) in [5.41, 5.74) is 12.3. The SMILES string of the molecule is CC1=C2CC3[C@@H](CCC4CC(N)=C(C=N)C[C@@]43C)C2CC[C@@]2(C1)O[C@@H]1C[C@H](C)CN[C@H]1[C@H]2C. The van der Waals surface area contributed by atoms with Crippen molar-refractivity contribution in [2.45, 2.75) is 103 Å². The number of rotatable bonds is 1. The summed E-state index contributed by atoms with van der Waals surface area (Å²) < 4.78 is 7.03. The molecule has 6 rings (SSSR count). The standard InChI is InChI=1S/C29H45N3O/c1-16-9-26-27(32-15-16)18(3)29(33-26)8-7-21-22-6-5-20-10-25(31)19(14-30)13-28(20,4)24(22)11-23(21)17(2)12-29/h14,16,18,20-22,24,26-27,30,32H,5-13,15,31H2,1-4H3/t16-,18+,20?,21?,22-,24?,26+,27-,28-,29-/m0/s1. The van der Waals surface area contributed by atoms with E-state index in [2.05, 4.69) is 33.0 Å². The highest BCUT2D eigenvalue weighted by Crippen LogP contribution is 2.65. The number of nitrogens with two attached hydrogens (primary N) is 1. The summed E-state index contributed by atoms with van der Waals surface area (Å²) in [6.45, 7) is 11.0. The first-order valence-electron chi connectivity index (χ1n) is 13.8. The second-order valence-electron chi connectivity index (χ2n) is 13.2. The normalized spacial score (nSPS) is 51.6. The van der Waals surface area contributed by atoms with Gasteiger partial charge in [-0.1, -0.05) is 31.9 Å². The molecule has 4 aliphatic carbocycles. The van der Waals surface area contributed by atoms with Gasteiger partial charge in [0.1, 0.15) is 0 Å². The molecule has 6 aliphatic rings. The Kier molecular flexibility index (Phi) is 5.20. The summed E-state index contributed by atoms with van der Waals surface area (Å²) in [5, 5.41) is 11.8. The Balaban J connectivity index is 1.29. The van der Waals surface area contributed by atoms with Crippen molar-refractivity contribution < 1.29 is 4.74 Å². The largest absolute Gasteiger partial charge is 0.402 e. The van der Waals surface area contributed by atoms with E-state index in [4.69, 9.17) is 15.9 Å². The number of fused-ring (bicyclic) bond motifs is 6. The van der Waals surface area contributed by atoms with Crippen molar-refractivity contribution in [3.8, 4) is 0 Å². The number of allylic oxidation sites excluding steroid dienone is 3. The number of hydrogen-bond donors (Lipinski definition) is 3. The van der Waals surface area contributed by atoms with Gasteiger partial charge in [-0.15, -0.1) is 0 Å². The zero-order chi connectivity index (χ0) is 23.1. The molecule has 33 heavy (non-hydrogen) atoms. The fourth-order valence-electron chi connectivity index (χ4n) is 9.77. The zero-order valence-corrected chi connectivity index (χ0v) is 21.3. The molecule has 0 radical (unpaired) electrons. The number of hydrogen-bond acceptors (Lipinski definition) is 4. The highest BCUT2D eigenvalue weighted by molar-refractivity contribution is 5.77. The van der Waals surface area contributed by atoms with E-state index < -0.39 is 0 Å². The molecule has 1 spiro atoms. The molecule has 0 bridgehead atoms. The Labute approximate surface area is 200 Å². The van der Waals surface area contributed by atoms with Crippen LogP contribution in [0.3, 0.4) is 0 Å². The first kappa shape index (κ1) is 22.3. The molecule has 2 saturated heterocycles. The summed E-state index contributed by atoms with van der Waals surface area (Å²) in [7, 11) is 0. The van der Waals surface area contributed by atoms with Crippen LogP contribution in [0.4, 0.5) is 0 Å². The third-order valence-electron chi connectivity index (χ3n) is 11.7. The predicted octanol–water partition coefficient (Wildman–Crippen LogP) is 5.58. The summed E-state index contributed by atoms with van der Waals surface area (Å²) in [4.78, 5) is 0. The molecular formula is C29H45N3O. The minimum absolute atomic E-state index is 0.0415. The van der Waals surface area contributed by atoms with Crippen LogP contribution in [-0.2, 0) is 4.74 Å². The van der Waals surface area contributed by atoms with E-state index in [9.17, 15) is 0 Å². The molecule has 2 saturated carbocycles. The maximum absolute atomic E-state index is 7.93. The zero-order valence-electron chi connectivity index (χ0n) is 21.3. The lowest BCUT2D eigenvalue weighted by atomic mass is 9.52. The van der Waals surface area contributed by atoms with Crippen LogP contribution >= 0.6 is 0 Å². The van der Waals surface area contributed by atoms with Crippen molar-refractivity contribution >= 4 is 6.21 Å². The minimum atomic E-state index is 0.0415. The van der Waals surface area contributed by atoms with Gasteiger partial charge in [-0.25, -0.2) is 0 Å². The van der Waals surface area contributed by atoms with E-state index in [0.29, 0.717) is 29.4 Å². The monoisotopic (exact) mass is 451 g/mol. The lowest BCUT2D eigenvalue weighted by Gasteiger charge is -2.52. The number of ether oxygens (including phenoxy) is 1. The van der Waals surface area contributed by atoms with Gasteiger partial charge in [0.2, 0.25) is 0 Å². The molecule has 0 aromatic rings. The van der Waals surface area contributed by atoms with Crippen molar-refractivity contribution in [1.29, 1.82) is 5.41 Å². The van der Waals surface area contributed by atoms with Crippen LogP contribution in [0.2, 0.25) is 0 Å². The van der Waals surface area contributed by atoms with Gasteiger partial charge in [0.25, 0.3) is 0 Å². The lowest BCUT2D eigenvalue weighted by molar-refractivity contribution is -0.0733. The maximum Gasteiger partial charge on any atom is 0.0765 e. The molecule has 4 N–H and O–H groups in total. The Morgan fingerprint density at radius 1 is 1.15 bits per heavy atom. The highest BCUT2D eigenvalue weighted by Gasteiger charge is 2.59. The quantitative estimate of drug-likeness (QED) is 0.360. The van der Waals surface area contributed by atoms with Gasteiger partial charge in [0.05, 0.1) is 11.7 Å². The smallest absolute Gasteiger partial charge is 0.0765 e. The van der Waals surface area contributed by atoms with Gasteiger partial charge < -0.3 is 21.2 Å². The summed E-state index contributed by atoms with van der Waals surface area (Å²) in [5.74, 6) is 4.34. The van der Waals surface area contributed by atoms with Gasteiger partial charge in [0.15, 0.2) is 0 Å². The van der Waals surface area contributed by atoms with Crippen LogP contribution in [0.25, 0.3) is 0 Å². The molecule has 182 valence electrons. The molecule has 0 aromatic carbocycles. The van der Waals surface area contributed by atoms with Crippen molar-refractivity contribution in [2.24, 2.45) is 46.7 Å². The van der Waals surface area contributed by atoms with Crippen LogP contribution in [-0.4, -0.2) is 30.5 Å². The average Bonchev–Trinajstić information content (AvgIpc) is 3.24. The molecule has 10 atom stereocenters. The van der Waals surface area contributed by atoms with Crippen LogP contribution in [0.1, 0.15) is 85.5 Å². The molecule has 4 nitrogen and oxygen atoms in total. The predicted molar refractivity (Wildman–Crippen MR) is 134 cm³/mol. The highest BCUT2D eigenvalue weighted by atomic mass is 16.5. The minimum Gasteiger partial charge on any atom is -0.402 e. The summed E-state index contributed by atoms with van der Waals surface area (Å²) >= 11 is 0. The first-order valence-corrected chi connectivity index (χ1v) is 13.8. The van der Waals surface area contributed by atoms with Crippen LogP contribution < -0.4 is 11.1 Å². The van der Waals surface area contributed by atoms with Gasteiger partial charge in [-0.3, -0.25) is 0 Å². The summed E-state index contributed by atoms with van der Waals surface area (Å²) in [6, 6.07) is 0.540. The van der Waals surface area contributed by atoms with Gasteiger partial charge in [-0.05, 0) is 112 Å². The van der Waals surface area contributed by atoms with Crippen LogP contribution in [0, 0.1) is 46.3 Å². The van der Waals surface area contributed by atoms with E-state index >= 15 is 0 Å². The molecule has 0 amide bonds. The molecule has 3 unspecified atom stereocenters. The lowest BCUT2D eigenvalue weighted by Crippen LogP contribution is -2.48. The van der Waals surface area contributed by atoms with Gasteiger partial charge in [-0.2, -0.15) is 0 Å².